The molecule has 1 heterocycles. The van der Waals surface area contributed by atoms with E-state index in [-0.39, 0.29) is 5.92 Å². The van der Waals surface area contributed by atoms with E-state index in [1.807, 2.05) is 23.1 Å². The summed E-state index contributed by atoms with van der Waals surface area (Å²) in [5.41, 5.74) is 2.53. The Hall–Kier alpha value is -2.71. The van der Waals surface area contributed by atoms with Crippen LogP contribution in [0.3, 0.4) is 0 Å². The van der Waals surface area contributed by atoms with Crippen LogP contribution >= 0.6 is 15.9 Å². The SMILES string of the molecule is CCN(Cc1ccccc1)C(=O)C1CCN(Cc2cccc(Br)c2)CC1.O=C(O)C(=O)O. The van der Waals surface area contributed by atoms with Crippen molar-refractivity contribution < 1.29 is 24.6 Å². The molecular formula is C24H29BrN2O5. The summed E-state index contributed by atoms with van der Waals surface area (Å²) in [4.78, 5) is 35.6. The van der Waals surface area contributed by atoms with E-state index in [4.69, 9.17) is 19.8 Å². The molecule has 0 saturated carbocycles. The van der Waals surface area contributed by atoms with Crippen molar-refractivity contribution in [3.63, 3.8) is 0 Å². The Bertz CT molecular complexity index is 886. The molecule has 0 radical (unpaired) electrons. The van der Waals surface area contributed by atoms with Gasteiger partial charge in [0.25, 0.3) is 0 Å². The second-order valence-electron chi connectivity index (χ2n) is 7.63. The Kier molecular flexibility index (Phi) is 10.4. The molecule has 1 amide bonds. The summed E-state index contributed by atoms with van der Waals surface area (Å²) in [7, 11) is 0. The lowest BCUT2D eigenvalue weighted by Crippen LogP contribution is -2.42. The van der Waals surface area contributed by atoms with E-state index in [2.05, 4.69) is 64.2 Å². The average molecular weight is 505 g/mol. The lowest BCUT2D eigenvalue weighted by Gasteiger charge is -2.34. The standard InChI is InChI=1S/C22H27BrN2O.C2H2O4/c1-2-25(17-18-7-4-3-5-8-18)22(26)20-11-13-24(14-12-20)16-19-9-6-10-21(23)15-19;3-1(4)2(5)6/h3-10,15,20H,2,11-14,16-17H2,1H3;(H,3,4)(H,5,6). The van der Waals surface area contributed by atoms with Crippen molar-refractivity contribution in [2.75, 3.05) is 19.6 Å². The quantitative estimate of drug-likeness (QED) is 0.579. The zero-order valence-electron chi connectivity index (χ0n) is 18.1. The number of likely N-dealkylation sites (tertiary alicyclic amines) is 1. The number of halogens is 1. The van der Waals surface area contributed by atoms with E-state index >= 15 is 0 Å². The first-order valence-electron chi connectivity index (χ1n) is 10.6. The summed E-state index contributed by atoms with van der Waals surface area (Å²) in [6, 6.07) is 18.8. The number of carboxylic acid groups (broad SMARTS) is 2. The van der Waals surface area contributed by atoms with Crippen LogP contribution in [-0.2, 0) is 27.5 Å². The summed E-state index contributed by atoms with van der Waals surface area (Å²) in [6.07, 6.45) is 1.91. The van der Waals surface area contributed by atoms with Crippen LogP contribution in [0.15, 0.2) is 59.1 Å². The van der Waals surface area contributed by atoms with Crippen LogP contribution in [0, 0.1) is 5.92 Å². The predicted molar refractivity (Wildman–Crippen MR) is 125 cm³/mol. The van der Waals surface area contributed by atoms with Gasteiger partial charge in [0, 0.05) is 30.0 Å². The summed E-state index contributed by atoms with van der Waals surface area (Å²) >= 11 is 3.54. The van der Waals surface area contributed by atoms with Gasteiger partial charge in [0.1, 0.15) is 0 Å². The van der Waals surface area contributed by atoms with E-state index in [9.17, 15) is 4.79 Å². The third-order valence-corrected chi connectivity index (χ3v) is 5.82. The molecule has 0 spiro atoms. The van der Waals surface area contributed by atoms with Crippen molar-refractivity contribution in [1.29, 1.82) is 0 Å². The summed E-state index contributed by atoms with van der Waals surface area (Å²) in [5, 5.41) is 14.8. The van der Waals surface area contributed by atoms with Crippen LogP contribution in [0.25, 0.3) is 0 Å². The summed E-state index contributed by atoms with van der Waals surface area (Å²) in [5.74, 6) is -3.17. The molecule has 2 aromatic rings. The van der Waals surface area contributed by atoms with Gasteiger partial charge in [-0.15, -0.1) is 0 Å². The second-order valence-corrected chi connectivity index (χ2v) is 8.54. The van der Waals surface area contributed by atoms with Crippen molar-refractivity contribution in [3.05, 3.63) is 70.2 Å². The van der Waals surface area contributed by atoms with Gasteiger partial charge < -0.3 is 15.1 Å². The number of rotatable bonds is 6. The number of carbonyl (C=O) groups is 3. The minimum atomic E-state index is -1.82. The van der Waals surface area contributed by atoms with Gasteiger partial charge in [-0.3, -0.25) is 9.69 Å². The van der Waals surface area contributed by atoms with Gasteiger partial charge in [0.05, 0.1) is 0 Å². The molecule has 2 N–H and O–H groups in total. The van der Waals surface area contributed by atoms with Gasteiger partial charge in [-0.1, -0.05) is 58.4 Å². The average Bonchev–Trinajstić information content (AvgIpc) is 2.78. The van der Waals surface area contributed by atoms with Gasteiger partial charge >= 0.3 is 11.9 Å². The maximum absolute atomic E-state index is 12.9. The number of hydrogen-bond acceptors (Lipinski definition) is 4. The number of carboxylic acids is 2. The van der Waals surface area contributed by atoms with Crippen molar-refractivity contribution in [1.82, 2.24) is 9.80 Å². The van der Waals surface area contributed by atoms with Crippen LogP contribution in [-0.4, -0.2) is 57.5 Å². The van der Waals surface area contributed by atoms with Crippen molar-refractivity contribution in [2.24, 2.45) is 5.92 Å². The monoisotopic (exact) mass is 504 g/mol. The lowest BCUT2D eigenvalue weighted by molar-refractivity contribution is -0.159. The summed E-state index contributed by atoms with van der Waals surface area (Å²) < 4.78 is 1.12. The highest BCUT2D eigenvalue weighted by molar-refractivity contribution is 9.10. The lowest BCUT2D eigenvalue weighted by atomic mass is 9.94. The van der Waals surface area contributed by atoms with Crippen molar-refractivity contribution in [2.45, 2.75) is 32.9 Å². The fraction of sp³-hybridized carbons (Fsp3) is 0.375. The fourth-order valence-electron chi connectivity index (χ4n) is 3.64. The maximum atomic E-state index is 12.9. The highest BCUT2D eigenvalue weighted by atomic mass is 79.9. The van der Waals surface area contributed by atoms with E-state index in [0.29, 0.717) is 12.5 Å². The molecule has 172 valence electrons. The van der Waals surface area contributed by atoms with E-state index < -0.39 is 11.9 Å². The molecule has 3 rings (SSSR count). The molecule has 0 aromatic heterocycles. The van der Waals surface area contributed by atoms with E-state index in [0.717, 1.165) is 43.5 Å². The zero-order chi connectivity index (χ0) is 23.5. The van der Waals surface area contributed by atoms with Crippen molar-refractivity contribution >= 4 is 33.8 Å². The Labute approximate surface area is 196 Å². The smallest absolute Gasteiger partial charge is 0.414 e. The van der Waals surface area contributed by atoms with Crippen LogP contribution in [0.2, 0.25) is 0 Å². The topological polar surface area (TPSA) is 98.2 Å². The number of piperidine rings is 1. The molecule has 0 aliphatic carbocycles. The summed E-state index contributed by atoms with van der Waals surface area (Å²) in [6.45, 7) is 6.50. The Balaban J connectivity index is 0.000000534. The predicted octanol–water partition coefficient (Wildman–Crippen LogP) is 3.87. The molecule has 0 unspecified atom stereocenters. The first-order chi connectivity index (χ1) is 15.3. The number of benzene rings is 2. The number of aliphatic carboxylic acids is 2. The van der Waals surface area contributed by atoms with Crippen LogP contribution < -0.4 is 0 Å². The van der Waals surface area contributed by atoms with Gasteiger partial charge in [-0.05, 0) is 56.1 Å². The van der Waals surface area contributed by atoms with Crippen LogP contribution in [0.4, 0.5) is 0 Å². The molecular weight excluding hydrogens is 476 g/mol. The molecule has 7 nitrogen and oxygen atoms in total. The largest absolute Gasteiger partial charge is 0.473 e. The molecule has 0 bridgehead atoms. The molecule has 0 atom stereocenters. The molecule has 1 fully saturated rings. The van der Waals surface area contributed by atoms with Crippen LogP contribution in [0.1, 0.15) is 30.9 Å². The minimum Gasteiger partial charge on any atom is -0.473 e. The second kappa shape index (κ2) is 13.0. The molecule has 8 heteroatoms. The third kappa shape index (κ3) is 8.43. The molecule has 1 aliphatic rings. The fourth-order valence-corrected chi connectivity index (χ4v) is 4.09. The third-order valence-electron chi connectivity index (χ3n) is 5.32. The molecule has 1 saturated heterocycles. The number of amides is 1. The van der Waals surface area contributed by atoms with Crippen molar-refractivity contribution in [3.8, 4) is 0 Å². The van der Waals surface area contributed by atoms with E-state index in [1.54, 1.807) is 0 Å². The van der Waals surface area contributed by atoms with E-state index in [1.165, 1.54) is 11.1 Å². The van der Waals surface area contributed by atoms with Gasteiger partial charge in [0.2, 0.25) is 5.91 Å². The Morgan fingerprint density at radius 1 is 0.969 bits per heavy atom. The molecule has 2 aromatic carbocycles. The Morgan fingerprint density at radius 3 is 2.09 bits per heavy atom. The zero-order valence-corrected chi connectivity index (χ0v) is 19.7. The first-order valence-corrected chi connectivity index (χ1v) is 11.3. The molecule has 32 heavy (non-hydrogen) atoms. The number of nitrogens with zero attached hydrogens (tertiary/aromatic N) is 2. The van der Waals surface area contributed by atoms with Crippen LogP contribution in [0.5, 0.6) is 0 Å². The highest BCUT2D eigenvalue weighted by Crippen LogP contribution is 2.23. The highest BCUT2D eigenvalue weighted by Gasteiger charge is 2.28. The minimum absolute atomic E-state index is 0.164. The normalized spacial score (nSPS) is 14.2. The Morgan fingerprint density at radius 2 is 1.56 bits per heavy atom. The number of hydrogen-bond donors (Lipinski definition) is 2. The van der Waals surface area contributed by atoms with Gasteiger partial charge in [-0.25, -0.2) is 9.59 Å². The molecule has 1 aliphatic heterocycles. The van der Waals surface area contributed by atoms with Gasteiger partial charge in [-0.2, -0.15) is 0 Å². The number of carbonyl (C=O) groups excluding carboxylic acids is 1. The van der Waals surface area contributed by atoms with Gasteiger partial charge in [0.15, 0.2) is 0 Å². The maximum Gasteiger partial charge on any atom is 0.414 e. The first kappa shape index (κ1) is 25.5.